The molecule has 23 atom stereocenters. The van der Waals surface area contributed by atoms with Crippen molar-refractivity contribution < 1.29 is 67.9 Å². The molecule has 4 aromatic rings. The normalized spacial score (nSPS) is 38.0. The second kappa shape index (κ2) is 29.2. The molecule has 1 aromatic heterocycles. The summed E-state index contributed by atoms with van der Waals surface area (Å²) in [6.07, 6.45) is -8.03. The smallest absolute Gasteiger partial charge is 0.311 e. The van der Waals surface area contributed by atoms with Crippen LogP contribution in [0.4, 0.5) is 10.1 Å². The van der Waals surface area contributed by atoms with Crippen LogP contribution in [0.2, 0.25) is 0 Å². The molecule has 0 unspecified atom stereocenters. The molecule has 498 valence electrons. The molecule has 1 saturated carbocycles. The number of halogens is 1. The van der Waals surface area contributed by atoms with Crippen LogP contribution in [0.5, 0.6) is 0 Å². The molecule has 9 rings (SSSR count). The van der Waals surface area contributed by atoms with Crippen molar-refractivity contribution in [2.75, 3.05) is 66.1 Å². The van der Waals surface area contributed by atoms with Gasteiger partial charge in [-0.05, 0) is 105 Å². The van der Waals surface area contributed by atoms with Gasteiger partial charge in [-0.3, -0.25) is 9.79 Å². The van der Waals surface area contributed by atoms with Gasteiger partial charge in [-0.15, -0.1) is 5.10 Å². The van der Waals surface area contributed by atoms with Crippen LogP contribution in [-0.2, 0) is 44.4 Å². The van der Waals surface area contributed by atoms with Crippen LogP contribution in [0.15, 0.2) is 96.1 Å². The number of fused-ring (bicyclic) bond motifs is 1. The maximum atomic E-state index is 15.3. The molecule has 0 spiro atoms. The van der Waals surface area contributed by atoms with Crippen LogP contribution in [0.3, 0.4) is 0 Å². The molecule has 4 saturated heterocycles. The van der Waals surface area contributed by atoms with E-state index in [0.29, 0.717) is 43.5 Å². The van der Waals surface area contributed by atoms with E-state index < -0.39 is 127 Å². The second-order valence-corrected chi connectivity index (χ2v) is 27.5. The summed E-state index contributed by atoms with van der Waals surface area (Å²) < 4.78 is 61.4. The minimum Gasteiger partial charge on any atom is -0.459 e. The third kappa shape index (κ3) is 15.2. The van der Waals surface area contributed by atoms with E-state index in [0.717, 1.165) is 41.2 Å². The number of hydrogen-bond donors (Lipinski definition) is 5. The minimum atomic E-state index is -1.86. The number of carbonyl (C=O) groups excluding carboxylic acids is 1. The van der Waals surface area contributed by atoms with E-state index in [9.17, 15) is 30.3 Å². The van der Waals surface area contributed by atoms with E-state index in [1.807, 2.05) is 68.9 Å². The number of ether oxygens (including phenoxy) is 7. The van der Waals surface area contributed by atoms with Gasteiger partial charge in [-0.2, -0.15) is 0 Å². The molecule has 5 N–H and O–H groups in total. The number of anilines is 1. The number of esters is 1. The number of carbonyl (C=O) groups is 1. The van der Waals surface area contributed by atoms with Gasteiger partial charge in [0.25, 0.3) is 0 Å². The number of alkyl halides is 1. The van der Waals surface area contributed by atoms with E-state index >= 15 is 4.39 Å². The molecule has 0 amide bonds. The topological polar surface area (TPSA) is 236 Å². The first kappa shape index (κ1) is 69.5. The highest BCUT2D eigenvalue weighted by molar-refractivity contribution is 6.13. The van der Waals surface area contributed by atoms with E-state index in [1.165, 1.54) is 18.7 Å². The van der Waals surface area contributed by atoms with Gasteiger partial charge in [0.15, 0.2) is 12.6 Å². The SMILES string of the molecule is CC[C@H]1OC(=O)[C@H](C)[C@@H](O[C@H]2C[C@@](C)(OC)[C@@H](O)[C@H](C)O2)[C@H](C)[C@@H](O[C@@H]2O[C@H](C)C[C@H](N(C)CCc3cn([C@H](CF)[C@H](OC)c4ccc(N5C[C@@H]6[C@H](C5)[C@H]6N=C(c5ccccc5)c5ccccc5)cc4)nn3)[C@H]2O)[C@](C)(O)C[C@@H](C)CN(C)[C@H](C)[C@@H](O)[C@]1(C)O. The lowest BCUT2D eigenvalue weighted by atomic mass is 9.77. The lowest BCUT2D eigenvalue weighted by Crippen LogP contribution is -2.61. The largest absolute Gasteiger partial charge is 0.459 e. The first-order valence-electron chi connectivity index (χ1n) is 32.5. The number of aliphatic imine (C=N–C) groups is 1. The Labute approximate surface area is 532 Å². The van der Waals surface area contributed by atoms with Gasteiger partial charge in [0.1, 0.15) is 48.8 Å². The number of piperidine rings is 1. The Bertz CT molecular complexity index is 2910. The monoisotopic (exact) mass is 1260 g/mol. The summed E-state index contributed by atoms with van der Waals surface area (Å²) in [5.41, 5.74) is 1.19. The number of nitrogens with zero attached hydrogens (tertiary/aromatic N) is 7. The average Bonchev–Trinajstić information content (AvgIpc) is 1.56. The first-order chi connectivity index (χ1) is 42.7. The average molecular weight is 1260 g/mol. The number of benzene rings is 3. The zero-order chi connectivity index (χ0) is 65.1. The highest BCUT2D eigenvalue weighted by Crippen LogP contribution is 2.50. The Morgan fingerprint density at radius 3 is 2.08 bits per heavy atom. The third-order valence-electron chi connectivity index (χ3n) is 20.6. The van der Waals surface area contributed by atoms with Crippen LogP contribution < -0.4 is 4.90 Å². The lowest BCUT2D eigenvalue weighted by molar-refractivity contribution is -0.318. The van der Waals surface area contributed by atoms with Crippen molar-refractivity contribution >= 4 is 17.4 Å². The van der Waals surface area contributed by atoms with Crippen molar-refractivity contribution in [3.05, 3.63) is 114 Å². The van der Waals surface area contributed by atoms with E-state index in [-0.39, 0.29) is 31.2 Å². The van der Waals surface area contributed by atoms with Crippen LogP contribution >= 0.6 is 0 Å². The second-order valence-electron chi connectivity index (χ2n) is 27.5. The van der Waals surface area contributed by atoms with Crippen molar-refractivity contribution in [1.29, 1.82) is 0 Å². The molecule has 3 aromatic carbocycles. The molecular formula is C69H102FN7O13. The molecule has 5 fully saturated rings. The zero-order valence-electron chi connectivity index (χ0n) is 55.3. The Morgan fingerprint density at radius 2 is 1.49 bits per heavy atom. The summed E-state index contributed by atoms with van der Waals surface area (Å²) in [5.74, 6) is -1.96. The fraction of sp³-hybridized carbons (Fsp3) is 0.681. The Kier molecular flexibility index (Phi) is 22.5. The van der Waals surface area contributed by atoms with Gasteiger partial charge in [0.2, 0.25) is 0 Å². The number of rotatable bonds is 19. The van der Waals surface area contributed by atoms with Crippen molar-refractivity contribution in [3.63, 3.8) is 0 Å². The summed E-state index contributed by atoms with van der Waals surface area (Å²) in [7, 11) is 6.81. The van der Waals surface area contributed by atoms with Gasteiger partial charge in [-0.25, -0.2) is 9.07 Å². The van der Waals surface area contributed by atoms with E-state index in [2.05, 4.69) is 75.9 Å². The number of aliphatic hydroxyl groups is 5. The van der Waals surface area contributed by atoms with Crippen molar-refractivity contribution in [3.8, 4) is 0 Å². The summed E-state index contributed by atoms with van der Waals surface area (Å²) in [6, 6.07) is 27.3. The fourth-order valence-corrected chi connectivity index (χ4v) is 14.9. The number of likely N-dealkylation sites (N-methyl/N-ethyl adjacent to an activating group) is 2. The van der Waals surface area contributed by atoms with Crippen LogP contribution in [0, 0.1) is 29.6 Å². The fourth-order valence-electron chi connectivity index (χ4n) is 14.9. The lowest BCUT2D eigenvalue weighted by Gasteiger charge is -2.49. The van der Waals surface area contributed by atoms with E-state index in [4.69, 9.17) is 38.2 Å². The molecule has 5 heterocycles. The number of hydrogen-bond acceptors (Lipinski definition) is 19. The maximum Gasteiger partial charge on any atom is 0.311 e. The number of aromatic nitrogens is 3. The van der Waals surface area contributed by atoms with E-state index in [1.54, 1.807) is 54.8 Å². The Hall–Kier alpha value is -4.85. The molecule has 5 aliphatic rings. The predicted octanol–water partition coefficient (Wildman–Crippen LogP) is 6.98. The van der Waals surface area contributed by atoms with Crippen LogP contribution in [-0.4, -0.2) is 220 Å². The molecule has 1 aliphatic carbocycles. The Balaban J connectivity index is 0.879. The number of methoxy groups -OCH3 is 2. The summed E-state index contributed by atoms with van der Waals surface area (Å²) >= 11 is 0. The van der Waals surface area contributed by atoms with Crippen LogP contribution in [0.25, 0.3) is 0 Å². The van der Waals surface area contributed by atoms with Gasteiger partial charge in [0, 0.05) is 106 Å². The van der Waals surface area contributed by atoms with Crippen molar-refractivity contribution in [2.24, 2.45) is 34.6 Å². The molecule has 0 bridgehead atoms. The zero-order valence-corrected chi connectivity index (χ0v) is 55.3. The molecule has 21 heteroatoms. The number of cyclic esters (lactones) is 1. The van der Waals surface area contributed by atoms with Gasteiger partial charge < -0.3 is 73.4 Å². The Morgan fingerprint density at radius 1 is 0.856 bits per heavy atom. The van der Waals surface area contributed by atoms with Gasteiger partial charge >= 0.3 is 5.97 Å². The highest BCUT2D eigenvalue weighted by Gasteiger charge is 2.57. The molecular weight excluding hydrogens is 1150 g/mol. The molecule has 20 nitrogen and oxygen atoms in total. The van der Waals surface area contributed by atoms with Crippen LogP contribution in [0.1, 0.15) is 129 Å². The minimum absolute atomic E-state index is 0.0816. The summed E-state index contributed by atoms with van der Waals surface area (Å²) in [6.45, 7) is 19.4. The van der Waals surface area contributed by atoms with Gasteiger partial charge in [0.05, 0.1) is 59.0 Å². The van der Waals surface area contributed by atoms with Crippen molar-refractivity contribution in [1.82, 2.24) is 24.8 Å². The highest BCUT2D eigenvalue weighted by atomic mass is 19.1. The van der Waals surface area contributed by atoms with Gasteiger partial charge in [-0.1, -0.05) is 98.8 Å². The predicted molar refractivity (Wildman–Crippen MR) is 340 cm³/mol. The molecule has 90 heavy (non-hydrogen) atoms. The number of aliphatic hydroxyl groups excluding tert-OH is 3. The first-order valence-corrected chi connectivity index (χ1v) is 32.5. The standard InChI is InChI=1S/C69H102FN7O13/c1-15-55-69(10,83)62(79)44(6)75(12)36-40(2)33-67(8,82)64(42(4)60(43(5)65(81)88-55)89-56-34-68(9,85-14)63(80)45(7)87-56)90-66-59(78)53(32-41(3)86-66)74(11)31-30-49-37-77(73-72-49)54(35-70)61(84-13)48-26-28-50(29-27-48)76-38-51-52(39-76)58(51)71-57(46-22-18-16-19-23-46)47-24-20-17-21-25-47/h16-29,37,40-45,51-56,58-64,66,78-80,82-83H,15,30-36,38-39H2,1-14H3/t40-,41-,42+,43-,44-,45+,51-,52+,53+,54-,55-,56+,58+,59-,60+,61-,62-,63+,64-,66+,67-,68-,69-/m1/s1. The quantitative estimate of drug-likeness (QED) is 0.0471. The maximum absolute atomic E-state index is 15.3. The molecule has 0 radical (unpaired) electrons. The molecule has 4 aliphatic heterocycles. The summed E-state index contributed by atoms with van der Waals surface area (Å²) in [5, 5.41) is 69.2. The third-order valence-corrected chi connectivity index (χ3v) is 20.6. The van der Waals surface area contributed by atoms with Crippen molar-refractivity contribution in [2.45, 2.75) is 210 Å². The summed E-state index contributed by atoms with van der Waals surface area (Å²) in [4.78, 5) is 26.3.